The van der Waals surface area contributed by atoms with E-state index in [1.807, 2.05) is 50.4 Å². The van der Waals surface area contributed by atoms with Crippen LogP contribution in [-0.4, -0.2) is 39.4 Å². The van der Waals surface area contributed by atoms with Gasteiger partial charge in [-0.1, -0.05) is 30.3 Å². The van der Waals surface area contributed by atoms with Crippen LogP contribution in [0.4, 0.5) is 9.59 Å². The Balaban J connectivity index is 2.23. The minimum absolute atomic E-state index is 0.224. The molecule has 1 aliphatic rings. The Morgan fingerprint density at radius 3 is 2.52 bits per heavy atom. The van der Waals surface area contributed by atoms with E-state index in [0.29, 0.717) is 0 Å². The zero-order valence-electron chi connectivity index (χ0n) is 12.2. The van der Waals surface area contributed by atoms with Crippen LogP contribution in [-0.2, 0) is 6.54 Å². The second kappa shape index (κ2) is 6.62. The van der Waals surface area contributed by atoms with Crippen molar-refractivity contribution in [1.29, 1.82) is 0 Å². The van der Waals surface area contributed by atoms with Crippen LogP contribution in [0.15, 0.2) is 35.4 Å². The standard InChI is InChI=1S/C14H18N4O2S/c1-10(2)16-18-13(21-3)15-12(19)17(14(18)20)9-11-7-5-4-6-8-11/h4-8,13H,9H2,1-3H3,(H,15,19). The third-order valence-corrected chi connectivity index (χ3v) is 3.62. The molecule has 1 N–H and O–H groups in total. The number of imide groups is 1. The highest BCUT2D eigenvalue weighted by Crippen LogP contribution is 2.20. The van der Waals surface area contributed by atoms with Crippen molar-refractivity contribution in [3.05, 3.63) is 35.9 Å². The topological polar surface area (TPSA) is 65.0 Å². The van der Waals surface area contributed by atoms with E-state index < -0.39 is 17.6 Å². The lowest BCUT2D eigenvalue weighted by molar-refractivity contribution is 0.123. The van der Waals surface area contributed by atoms with Gasteiger partial charge in [-0.3, -0.25) is 0 Å². The minimum Gasteiger partial charge on any atom is -0.307 e. The molecule has 2 rings (SSSR count). The highest BCUT2D eigenvalue weighted by Gasteiger charge is 2.38. The van der Waals surface area contributed by atoms with E-state index >= 15 is 0 Å². The van der Waals surface area contributed by atoms with E-state index in [0.717, 1.165) is 16.2 Å². The third kappa shape index (κ3) is 3.55. The molecule has 1 unspecified atom stereocenters. The van der Waals surface area contributed by atoms with Crippen molar-refractivity contribution in [3.63, 3.8) is 0 Å². The van der Waals surface area contributed by atoms with E-state index in [4.69, 9.17) is 0 Å². The van der Waals surface area contributed by atoms with Crippen molar-refractivity contribution in [2.24, 2.45) is 5.10 Å². The van der Waals surface area contributed by atoms with E-state index in [2.05, 4.69) is 10.4 Å². The van der Waals surface area contributed by atoms with Crippen LogP contribution in [0, 0.1) is 0 Å². The van der Waals surface area contributed by atoms with Crippen LogP contribution < -0.4 is 5.32 Å². The summed E-state index contributed by atoms with van der Waals surface area (Å²) in [5, 5.41) is 8.30. The number of hydrogen-bond donors (Lipinski definition) is 1. The summed E-state index contributed by atoms with van der Waals surface area (Å²) in [6.45, 7) is 3.84. The van der Waals surface area contributed by atoms with Gasteiger partial charge >= 0.3 is 12.1 Å². The van der Waals surface area contributed by atoms with Crippen molar-refractivity contribution in [2.75, 3.05) is 6.26 Å². The predicted molar refractivity (Wildman–Crippen MR) is 83.8 cm³/mol. The number of hydrogen-bond acceptors (Lipinski definition) is 4. The lowest BCUT2D eigenvalue weighted by atomic mass is 10.2. The fraction of sp³-hybridized carbons (Fsp3) is 0.357. The van der Waals surface area contributed by atoms with Gasteiger partial charge in [0.1, 0.15) is 0 Å². The molecule has 1 atom stereocenters. The average molecular weight is 306 g/mol. The molecule has 0 aromatic heterocycles. The van der Waals surface area contributed by atoms with Gasteiger partial charge in [0.25, 0.3) is 0 Å². The molecule has 1 saturated heterocycles. The van der Waals surface area contributed by atoms with Crippen LogP contribution in [0.3, 0.4) is 0 Å². The van der Waals surface area contributed by atoms with Gasteiger partial charge in [-0.05, 0) is 25.7 Å². The Labute approximate surface area is 128 Å². The van der Waals surface area contributed by atoms with Crippen molar-refractivity contribution in [3.8, 4) is 0 Å². The Bertz CT molecular complexity index is 557. The molecule has 1 aliphatic heterocycles. The number of carbonyl (C=O) groups is 2. The molecule has 6 nitrogen and oxygen atoms in total. The summed E-state index contributed by atoms with van der Waals surface area (Å²) in [7, 11) is 0. The Kier molecular flexibility index (Phi) is 4.85. The quantitative estimate of drug-likeness (QED) is 0.870. The number of carbonyl (C=O) groups excluding carboxylic acids is 2. The van der Waals surface area contributed by atoms with Gasteiger partial charge in [0.05, 0.1) is 6.54 Å². The van der Waals surface area contributed by atoms with Crippen LogP contribution in [0.1, 0.15) is 19.4 Å². The molecule has 0 bridgehead atoms. The van der Waals surface area contributed by atoms with E-state index in [1.165, 1.54) is 16.8 Å². The lowest BCUT2D eigenvalue weighted by Gasteiger charge is -2.37. The summed E-state index contributed by atoms with van der Waals surface area (Å²) in [6, 6.07) is 8.57. The normalized spacial score (nSPS) is 18.5. The van der Waals surface area contributed by atoms with Gasteiger partial charge in [0.2, 0.25) is 0 Å². The molecule has 1 aromatic carbocycles. The summed E-state index contributed by atoms with van der Waals surface area (Å²) in [4.78, 5) is 25.8. The van der Waals surface area contributed by atoms with Crippen LogP contribution in [0.2, 0.25) is 0 Å². The van der Waals surface area contributed by atoms with E-state index in [1.54, 1.807) is 0 Å². The Morgan fingerprint density at radius 2 is 1.95 bits per heavy atom. The van der Waals surface area contributed by atoms with Crippen molar-refractivity contribution < 1.29 is 9.59 Å². The van der Waals surface area contributed by atoms with Gasteiger partial charge < -0.3 is 5.32 Å². The molecular formula is C14H18N4O2S. The summed E-state index contributed by atoms with van der Waals surface area (Å²) in [5.41, 5.74) is 1.16. The number of hydrazone groups is 1. The van der Waals surface area contributed by atoms with Crippen molar-refractivity contribution in [1.82, 2.24) is 15.2 Å². The monoisotopic (exact) mass is 306 g/mol. The first-order chi connectivity index (χ1) is 10.0. The van der Waals surface area contributed by atoms with Gasteiger partial charge in [0.15, 0.2) is 5.50 Å². The summed E-state index contributed by atoms with van der Waals surface area (Å²) < 4.78 is 0. The summed E-state index contributed by atoms with van der Waals surface area (Å²) in [6.07, 6.45) is 1.82. The fourth-order valence-corrected chi connectivity index (χ4v) is 2.49. The zero-order chi connectivity index (χ0) is 15.4. The van der Waals surface area contributed by atoms with Crippen LogP contribution in [0.25, 0.3) is 0 Å². The van der Waals surface area contributed by atoms with E-state index in [-0.39, 0.29) is 6.54 Å². The molecule has 21 heavy (non-hydrogen) atoms. The van der Waals surface area contributed by atoms with Crippen LogP contribution in [0.5, 0.6) is 0 Å². The largest absolute Gasteiger partial charge is 0.351 e. The smallest absolute Gasteiger partial charge is 0.307 e. The Hall–Kier alpha value is -2.02. The molecule has 1 heterocycles. The van der Waals surface area contributed by atoms with Crippen molar-refractivity contribution in [2.45, 2.75) is 25.9 Å². The molecule has 4 amide bonds. The molecule has 7 heteroatoms. The summed E-state index contributed by atoms with van der Waals surface area (Å²) in [5.74, 6) is 0. The summed E-state index contributed by atoms with van der Waals surface area (Å²) >= 11 is 1.35. The van der Waals surface area contributed by atoms with Gasteiger partial charge in [0, 0.05) is 5.71 Å². The number of urea groups is 2. The molecule has 0 spiro atoms. The molecule has 112 valence electrons. The number of nitrogens with one attached hydrogen (secondary N) is 1. The lowest BCUT2D eigenvalue weighted by Crippen LogP contribution is -2.61. The molecular weight excluding hydrogens is 288 g/mol. The maximum absolute atomic E-state index is 12.5. The number of thioether (sulfide) groups is 1. The predicted octanol–water partition coefficient (Wildman–Crippen LogP) is 2.68. The molecule has 1 aromatic rings. The third-order valence-electron chi connectivity index (χ3n) is 2.86. The highest BCUT2D eigenvalue weighted by molar-refractivity contribution is 7.99. The maximum atomic E-state index is 12.5. The average Bonchev–Trinajstić information content (AvgIpc) is 2.47. The number of amides is 4. The minimum atomic E-state index is -0.480. The second-order valence-corrected chi connectivity index (χ2v) is 5.70. The molecule has 1 fully saturated rings. The molecule has 0 aliphatic carbocycles. The Morgan fingerprint density at radius 1 is 1.29 bits per heavy atom. The van der Waals surface area contributed by atoms with Crippen molar-refractivity contribution >= 4 is 29.5 Å². The zero-order valence-corrected chi connectivity index (χ0v) is 13.1. The van der Waals surface area contributed by atoms with Gasteiger partial charge in [-0.2, -0.15) is 10.1 Å². The first-order valence-corrected chi connectivity index (χ1v) is 7.81. The van der Waals surface area contributed by atoms with E-state index in [9.17, 15) is 9.59 Å². The van der Waals surface area contributed by atoms with Gasteiger partial charge in [-0.25, -0.2) is 14.5 Å². The highest BCUT2D eigenvalue weighted by atomic mass is 32.2. The first kappa shape index (κ1) is 15.4. The number of nitrogens with zero attached hydrogens (tertiary/aromatic N) is 3. The maximum Gasteiger partial charge on any atom is 0.351 e. The fourth-order valence-electron chi connectivity index (χ4n) is 1.93. The SMILES string of the molecule is CSC1NC(=O)N(Cc2ccccc2)C(=O)N1N=C(C)C. The van der Waals surface area contributed by atoms with Crippen LogP contribution >= 0.6 is 11.8 Å². The first-order valence-electron chi connectivity index (χ1n) is 6.52. The van der Waals surface area contributed by atoms with Gasteiger partial charge in [-0.15, -0.1) is 11.8 Å². The number of rotatable bonds is 4. The number of benzene rings is 1. The second-order valence-electron chi connectivity index (χ2n) is 4.78. The molecule has 0 radical (unpaired) electrons. The molecule has 0 saturated carbocycles.